The van der Waals surface area contributed by atoms with Gasteiger partial charge >= 0.3 is 6.09 Å². The highest BCUT2D eigenvalue weighted by molar-refractivity contribution is 6.31. The molecule has 0 unspecified atom stereocenters. The monoisotopic (exact) mass is 531 g/mol. The molecule has 196 valence electrons. The van der Waals surface area contributed by atoms with E-state index in [0.29, 0.717) is 29.2 Å². The van der Waals surface area contributed by atoms with Crippen molar-refractivity contribution in [1.29, 1.82) is 0 Å². The van der Waals surface area contributed by atoms with Crippen molar-refractivity contribution in [2.24, 2.45) is 0 Å². The molecule has 38 heavy (non-hydrogen) atoms. The maximum atomic E-state index is 14.1. The van der Waals surface area contributed by atoms with Crippen molar-refractivity contribution < 1.29 is 19.1 Å². The number of fused-ring (bicyclic) bond motifs is 2. The zero-order valence-electron chi connectivity index (χ0n) is 21.6. The lowest BCUT2D eigenvalue weighted by molar-refractivity contribution is -0.149. The molecule has 0 radical (unpaired) electrons. The molecule has 0 saturated heterocycles. The van der Waals surface area contributed by atoms with Gasteiger partial charge in [0.25, 0.3) is 11.6 Å². The number of alkyl carbamates (subject to hydrolysis) is 1. The smallest absolute Gasteiger partial charge is 0.410 e. The van der Waals surface area contributed by atoms with Crippen molar-refractivity contribution in [1.82, 2.24) is 10.3 Å². The summed E-state index contributed by atoms with van der Waals surface area (Å²) in [6.07, 6.45) is 1.68. The number of rotatable bonds is 7. The van der Waals surface area contributed by atoms with Crippen LogP contribution in [0.15, 0.2) is 79.0 Å². The van der Waals surface area contributed by atoms with Crippen molar-refractivity contribution in [3.63, 3.8) is 0 Å². The Hall–Kier alpha value is -3.81. The average molecular weight is 532 g/mol. The van der Waals surface area contributed by atoms with E-state index in [0.717, 1.165) is 22.0 Å². The molecule has 0 spiro atoms. The number of anilines is 1. The van der Waals surface area contributed by atoms with Crippen LogP contribution in [0.3, 0.4) is 0 Å². The number of nitrogens with zero attached hydrogens (tertiary/aromatic N) is 1. The lowest BCUT2D eigenvalue weighted by Crippen LogP contribution is -2.56. The minimum absolute atomic E-state index is 0.171. The molecule has 3 aromatic carbocycles. The highest BCUT2D eigenvalue weighted by Crippen LogP contribution is 2.42. The number of amides is 2. The molecule has 2 amide bonds. The lowest BCUT2D eigenvalue weighted by atomic mass is 10.0. The molecule has 2 N–H and O–H groups in total. The molecule has 0 fully saturated rings. The Balaban J connectivity index is 1.47. The van der Waals surface area contributed by atoms with Gasteiger partial charge in [0.2, 0.25) is 0 Å². The third kappa shape index (κ3) is 5.12. The fourth-order valence-electron chi connectivity index (χ4n) is 4.77. The first-order valence-corrected chi connectivity index (χ1v) is 12.9. The molecular weight excluding hydrogens is 502 g/mol. The summed E-state index contributed by atoms with van der Waals surface area (Å²) in [5, 5.41) is 4.47. The molecule has 4 aromatic rings. The summed E-state index contributed by atoms with van der Waals surface area (Å²) in [5.74, 6) is -0.376. The number of ether oxygens (including phenoxy) is 2. The quantitative estimate of drug-likeness (QED) is 0.274. The summed E-state index contributed by atoms with van der Waals surface area (Å²) in [5.41, 5.74) is 1.66. The number of hydrogen-bond acceptors (Lipinski definition) is 4. The molecule has 0 saturated carbocycles. The summed E-state index contributed by atoms with van der Waals surface area (Å²) in [7, 11) is 0. The van der Waals surface area contributed by atoms with Gasteiger partial charge in [-0.3, -0.25) is 10.1 Å². The number of carbonyl (C=O) groups is 2. The first-order valence-electron chi connectivity index (χ1n) is 12.5. The van der Waals surface area contributed by atoms with E-state index in [9.17, 15) is 9.59 Å². The molecule has 5 rings (SSSR count). The molecular formula is C30H30ClN3O4. The number of H-pyrrole nitrogens is 1. The third-order valence-corrected chi connectivity index (χ3v) is 6.64. The van der Waals surface area contributed by atoms with Crippen LogP contribution in [-0.2, 0) is 33.0 Å². The van der Waals surface area contributed by atoms with Gasteiger partial charge in [-0.2, -0.15) is 0 Å². The summed E-state index contributed by atoms with van der Waals surface area (Å²) >= 11 is 6.13. The van der Waals surface area contributed by atoms with Gasteiger partial charge in [0.05, 0.1) is 18.8 Å². The van der Waals surface area contributed by atoms with Gasteiger partial charge in [-0.15, -0.1) is 0 Å². The summed E-state index contributed by atoms with van der Waals surface area (Å²) < 4.78 is 11.9. The van der Waals surface area contributed by atoms with Gasteiger partial charge in [0.1, 0.15) is 5.60 Å². The maximum Gasteiger partial charge on any atom is 0.410 e. The number of carbonyl (C=O) groups excluding carboxylic acids is 2. The number of aromatic amines is 1. The van der Waals surface area contributed by atoms with E-state index in [-0.39, 0.29) is 12.5 Å². The predicted octanol–water partition coefficient (Wildman–Crippen LogP) is 6.30. The molecule has 7 nitrogen and oxygen atoms in total. The lowest BCUT2D eigenvalue weighted by Gasteiger charge is -2.31. The number of benzene rings is 3. The summed E-state index contributed by atoms with van der Waals surface area (Å²) in [6.45, 7) is 5.83. The van der Waals surface area contributed by atoms with E-state index in [1.807, 2.05) is 79.0 Å². The SMILES string of the molecule is CC(C)(C)OC(=O)N[C@]1(OCCc2c[nH]c3cc(Cl)ccc23)C(=O)N(Cc2ccccc2)c2ccccc21. The van der Waals surface area contributed by atoms with Crippen LogP contribution in [0.1, 0.15) is 37.5 Å². The van der Waals surface area contributed by atoms with Gasteiger partial charge in [-0.05, 0) is 56.5 Å². The number of aromatic nitrogens is 1. The molecule has 1 atom stereocenters. The first kappa shape index (κ1) is 25.8. The van der Waals surface area contributed by atoms with Crippen molar-refractivity contribution in [2.75, 3.05) is 11.5 Å². The Morgan fingerprint density at radius 2 is 1.79 bits per heavy atom. The highest BCUT2D eigenvalue weighted by atomic mass is 35.5. The molecule has 1 aliphatic rings. The summed E-state index contributed by atoms with van der Waals surface area (Å²) in [6, 6.07) is 22.7. The topological polar surface area (TPSA) is 83.7 Å². The minimum atomic E-state index is -1.73. The Morgan fingerprint density at radius 3 is 2.55 bits per heavy atom. The Labute approximate surface area is 226 Å². The summed E-state index contributed by atoms with van der Waals surface area (Å²) in [4.78, 5) is 32.1. The van der Waals surface area contributed by atoms with Crippen molar-refractivity contribution in [2.45, 2.75) is 45.1 Å². The zero-order valence-corrected chi connectivity index (χ0v) is 22.3. The second-order valence-corrected chi connectivity index (χ2v) is 10.7. The van der Waals surface area contributed by atoms with Gasteiger partial charge in [-0.25, -0.2) is 4.79 Å². The number of halogens is 1. The van der Waals surface area contributed by atoms with Crippen LogP contribution in [-0.4, -0.2) is 29.2 Å². The van der Waals surface area contributed by atoms with Crippen LogP contribution in [0, 0.1) is 0 Å². The largest absolute Gasteiger partial charge is 0.444 e. The van der Waals surface area contributed by atoms with Crippen molar-refractivity contribution in [3.8, 4) is 0 Å². The van der Waals surface area contributed by atoms with E-state index in [1.54, 1.807) is 25.7 Å². The minimum Gasteiger partial charge on any atom is -0.444 e. The first-order chi connectivity index (χ1) is 18.2. The molecule has 8 heteroatoms. The van der Waals surface area contributed by atoms with Crippen LogP contribution in [0.5, 0.6) is 0 Å². The fraction of sp³-hybridized carbons (Fsp3) is 0.267. The van der Waals surface area contributed by atoms with Gasteiger partial charge in [0, 0.05) is 27.7 Å². The molecule has 1 aliphatic heterocycles. The van der Waals surface area contributed by atoms with Crippen molar-refractivity contribution >= 4 is 40.2 Å². The zero-order chi connectivity index (χ0) is 26.9. The average Bonchev–Trinajstić information content (AvgIpc) is 3.36. The van der Waals surface area contributed by atoms with E-state index in [2.05, 4.69) is 10.3 Å². The van der Waals surface area contributed by atoms with Crippen LogP contribution in [0.2, 0.25) is 5.02 Å². The van der Waals surface area contributed by atoms with Crippen LogP contribution in [0.25, 0.3) is 10.9 Å². The highest BCUT2D eigenvalue weighted by Gasteiger charge is 2.54. The third-order valence-electron chi connectivity index (χ3n) is 6.40. The van der Waals surface area contributed by atoms with E-state index in [1.165, 1.54) is 0 Å². The van der Waals surface area contributed by atoms with Gasteiger partial charge in [0.15, 0.2) is 0 Å². The molecule has 0 aliphatic carbocycles. The van der Waals surface area contributed by atoms with Crippen LogP contribution >= 0.6 is 11.6 Å². The van der Waals surface area contributed by atoms with Crippen LogP contribution in [0.4, 0.5) is 10.5 Å². The Kier molecular flexibility index (Phi) is 6.90. The Bertz CT molecular complexity index is 1480. The fourth-order valence-corrected chi connectivity index (χ4v) is 4.94. The molecule has 0 bridgehead atoms. The van der Waals surface area contributed by atoms with Crippen LogP contribution < -0.4 is 10.2 Å². The van der Waals surface area contributed by atoms with E-state index >= 15 is 0 Å². The number of nitrogens with one attached hydrogen (secondary N) is 2. The van der Waals surface area contributed by atoms with Gasteiger partial charge in [-0.1, -0.05) is 66.2 Å². The Morgan fingerprint density at radius 1 is 1.05 bits per heavy atom. The second kappa shape index (κ2) is 10.2. The normalized spacial score (nSPS) is 17.1. The van der Waals surface area contributed by atoms with E-state index < -0.39 is 17.4 Å². The number of hydrogen-bond donors (Lipinski definition) is 2. The van der Waals surface area contributed by atoms with Crippen molar-refractivity contribution in [3.05, 3.63) is 101 Å². The molecule has 2 heterocycles. The predicted molar refractivity (Wildman–Crippen MR) is 148 cm³/mol. The second-order valence-electron chi connectivity index (χ2n) is 10.3. The van der Waals surface area contributed by atoms with Gasteiger partial charge < -0.3 is 19.4 Å². The standard InChI is InChI=1S/C30H30ClN3O4/c1-29(2,3)38-28(36)33-30(37-16-15-21-18-32-25-17-22(31)13-14-23(21)25)24-11-7-8-12-26(24)34(27(30)35)19-20-9-5-4-6-10-20/h4-14,17-18,32H,15-16,19H2,1-3H3,(H,33,36)/t30-/m1/s1. The maximum absolute atomic E-state index is 14.1. The van der Waals surface area contributed by atoms with E-state index in [4.69, 9.17) is 21.1 Å². The molecule has 1 aromatic heterocycles. The number of para-hydroxylation sites is 1.